The van der Waals surface area contributed by atoms with Gasteiger partial charge >= 0.3 is 0 Å². The number of ether oxygens (including phenoxy) is 2. The van der Waals surface area contributed by atoms with Gasteiger partial charge in [0.15, 0.2) is 17.5 Å². The molecule has 5 nitrogen and oxygen atoms in total. The van der Waals surface area contributed by atoms with Gasteiger partial charge in [0.2, 0.25) is 0 Å². The van der Waals surface area contributed by atoms with Crippen molar-refractivity contribution in [3.8, 4) is 5.75 Å². The molecular formula is C18H28FN3O2. The van der Waals surface area contributed by atoms with Crippen molar-refractivity contribution in [2.24, 2.45) is 10.4 Å². The second-order valence-electron chi connectivity index (χ2n) is 6.46. The summed E-state index contributed by atoms with van der Waals surface area (Å²) in [4.78, 5) is 4.62. The molecule has 0 amide bonds. The van der Waals surface area contributed by atoms with Gasteiger partial charge in [0.05, 0.1) is 26.3 Å². The highest BCUT2D eigenvalue weighted by Gasteiger charge is 2.33. The number of guanidine groups is 1. The van der Waals surface area contributed by atoms with E-state index in [1.54, 1.807) is 18.2 Å². The highest BCUT2D eigenvalue weighted by Crippen LogP contribution is 2.26. The van der Waals surface area contributed by atoms with Crippen molar-refractivity contribution < 1.29 is 13.9 Å². The second kappa shape index (κ2) is 8.87. The standard InChI is InChI=1S/C18H28FN3O2/c1-4-14(24-16-9-7-6-8-15(16)19)10-21-17(20-5-2)22-11-18(3)12-23-13-18/h6-9,14H,4-5,10-13H2,1-3H3,(H2,20,21,22). The lowest BCUT2D eigenvalue weighted by Crippen LogP contribution is -2.46. The van der Waals surface area contributed by atoms with Crippen LogP contribution in [0.4, 0.5) is 4.39 Å². The maximum atomic E-state index is 13.7. The molecule has 1 atom stereocenters. The van der Waals surface area contributed by atoms with Gasteiger partial charge in [0, 0.05) is 12.0 Å². The van der Waals surface area contributed by atoms with E-state index in [9.17, 15) is 4.39 Å². The van der Waals surface area contributed by atoms with E-state index in [1.807, 2.05) is 13.8 Å². The van der Waals surface area contributed by atoms with Crippen LogP contribution in [0.5, 0.6) is 5.75 Å². The quantitative estimate of drug-likeness (QED) is 0.565. The van der Waals surface area contributed by atoms with E-state index in [1.165, 1.54) is 6.07 Å². The monoisotopic (exact) mass is 337 g/mol. The number of benzene rings is 1. The van der Waals surface area contributed by atoms with E-state index in [-0.39, 0.29) is 23.1 Å². The molecule has 1 aromatic carbocycles. The summed E-state index contributed by atoms with van der Waals surface area (Å²) in [5, 5.41) is 6.51. The van der Waals surface area contributed by atoms with Gasteiger partial charge in [0.25, 0.3) is 0 Å². The maximum Gasteiger partial charge on any atom is 0.191 e. The van der Waals surface area contributed by atoms with E-state index < -0.39 is 0 Å². The summed E-state index contributed by atoms with van der Waals surface area (Å²) in [6.45, 7) is 9.77. The first-order chi connectivity index (χ1) is 11.6. The topological polar surface area (TPSA) is 54.9 Å². The molecule has 0 radical (unpaired) electrons. The van der Waals surface area contributed by atoms with Crippen LogP contribution in [0.1, 0.15) is 27.2 Å². The van der Waals surface area contributed by atoms with Crippen molar-refractivity contribution in [3.05, 3.63) is 30.1 Å². The van der Waals surface area contributed by atoms with Crippen LogP contribution in [0.25, 0.3) is 0 Å². The first kappa shape index (κ1) is 18.5. The van der Waals surface area contributed by atoms with Gasteiger partial charge in [-0.1, -0.05) is 26.0 Å². The predicted octanol–water partition coefficient (Wildman–Crippen LogP) is 2.57. The number of nitrogens with one attached hydrogen (secondary N) is 2. The minimum absolute atomic E-state index is 0.131. The summed E-state index contributed by atoms with van der Waals surface area (Å²) in [5.74, 6) is 0.697. The molecule has 2 rings (SSSR count). The highest BCUT2D eigenvalue weighted by molar-refractivity contribution is 5.79. The van der Waals surface area contributed by atoms with Crippen LogP contribution in [0, 0.1) is 11.2 Å². The molecule has 0 saturated carbocycles. The molecule has 0 aromatic heterocycles. The normalized spacial score (nSPS) is 17.8. The van der Waals surface area contributed by atoms with Gasteiger partial charge in [-0.05, 0) is 25.5 Å². The zero-order valence-corrected chi connectivity index (χ0v) is 14.8. The third kappa shape index (κ3) is 5.37. The maximum absolute atomic E-state index is 13.7. The summed E-state index contributed by atoms with van der Waals surface area (Å²) in [6.07, 6.45) is 0.639. The van der Waals surface area contributed by atoms with Gasteiger partial charge < -0.3 is 20.1 Å². The number of aliphatic imine (C=N–C) groups is 1. The smallest absolute Gasteiger partial charge is 0.191 e. The fourth-order valence-electron chi connectivity index (χ4n) is 2.35. The Morgan fingerprint density at radius 3 is 2.67 bits per heavy atom. The zero-order chi connectivity index (χ0) is 17.4. The molecule has 1 saturated heterocycles. The Bertz CT molecular complexity index is 547. The van der Waals surface area contributed by atoms with E-state index in [0.29, 0.717) is 13.1 Å². The van der Waals surface area contributed by atoms with Crippen LogP contribution in [0.15, 0.2) is 29.3 Å². The Labute approximate surface area is 143 Å². The molecule has 134 valence electrons. The number of rotatable bonds is 8. The Kier molecular flexibility index (Phi) is 6.85. The average molecular weight is 337 g/mol. The van der Waals surface area contributed by atoms with Gasteiger partial charge in [-0.3, -0.25) is 4.99 Å². The summed E-state index contributed by atoms with van der Waals surface area (Å²) >= 11 is 0. The number of para-hydroxylation sites is 1. The Balaban J connectivity index is 1.88. The third-order valence-electron chi connectivity index (χ3n) is 3.95. The molecular weight excluding hydrogens is 309 g/mol. The minimum Gasteiger partial charge on any atom is -0.486 e. The molecule has 1 aliphatic rings. The van der Waals surface area contributed by atoms with Crippen molar-refractivity contribution in [2.45, 2.75) is 33.3 Å². The van der Waals surface area contributed by atoms with E-state index >= 15 is 0 Å². The van der Waals surface area contributed by atoms with Gasteiger partial charge in [-0.25, -0.2) is 4.39 Å². The second-order valence-corrected chi connectivity index (χ2v) is 6.46. The van der Waals surface area contributed by atoms with Crippen LogP contribution in [0.3, 0.4) is 0 Å². The number of hydrogen-bond acceptors (Lipinski definition) is 3. The predicted molar refractivity (Wildman–Crippen MR) is 94.0 cm³/mol. The Morgan fingerprint density at radius 2 is 2.08 bits per heavy atom. The zero-order valence-electron chi connectivity index (χ0n) is 14.8. The van der Waals surface area contributed by atoms with Crippen LogP contribution >= 0.6 is 0 Å². The first-order valence-electron chi connectivity index (χ1n) is 8.57. The fourth-order valence-corrected chi connectivity index (χ4v) is 2.35. The molecule has 2 N–H and O–H groups in total. The lowest BCUT2D eigenvalue weighted by molar-refractivity contribution is -0.0945. The van der Waals surface area contributed by atoms with Gasteiger partial charge in [-0.15, -0.1) is 0 Å². The van der Waals surface area contributed by atoms with Crippen molar-refractivity contribution in [1.82, 2.24) is 10.6 Å². The number of hydrogen-bond donors (Lipinski definition) is 2. The molecule has 1 heterocycles. The van der Waals surface area contributed by atoms with Gasteiger partial charge in [0.1, 0.15) is 6.10 Å². The molecule has 1 aliphatic heterocycles. The largest absolute Gasteiger partial charge is 0.486 e. The summed E-state index contributed by atoms with van der Waals surface area (Å²) < 4.78 is 24.7. The Hall–Kier alpha value is -1.82. The van der Waals surface area contributed by atoms with Crippen molar-refractivity contribution >= 4 is 5.96 Å². The molecule has 24 heavy (non-hydrogen) atoms. The summed E-state index contributed by atoms with van der Waals surface area (Å²) in [6, 6.07) is 6.48. The van der Waals surface area contributed by atoms with Gasteiger partial charge in [-0.2, -0.15) is 0 Å². The first-order valence-corrected chi connectivity index (χ1v) is 8.57. The number of nitrogens with zero attached hydrogens (tertiary/aromatic N) is 1. The molecule has 1 aromatic rings. The fraction of sp³-hybridized carbons (Fsp3) is 0.611. The third-order valence-corrected chi connectivity index (χ3v) is 3.95. The van der Waals surface area contributed by atoms with E-state index in [0.717, 1.165) is 32.1 Å². The lowest BCUT2D eigenvalue weighted by atomic mass is 9.89. The molecule has 6 heteroatoms. The van der Waals surface area contributed by atoms with Crippen LogP contribution < -0.4 is 15.4 Å². The lowest BCUT2D eigenvalue weighted by Gasteiger charge is -2.36. The summed E-state index contributed by atoms with van der Waals surface area (Å²) in [5.41, 5.74) is 0.135. The van der Waals surface area contributed by atoms with Crippen molar-refractivity contribution in [3.63, 3.8) is 0 Å². The molecule has 0 bridgehead atoms. The van der Waals surface area contributed by atoms with E-state index in [2.05, 4.69) is 22.5 Å². The SMILES string of the molecule is CCNC(=NCC1(C)COC1)NCC(CC)Oc1ccccc1F. The molecule has 1 fully saturated rings. The number of halogens is 1. The minimum atomic E-state index is -0.338. The average Bonchev–Trinajstić information content (AvgIpc) is 2.56. The molecule has 0 aliphatic carbocycles. The Morgan fingerprint density at radius 1 is 1.33 bits per heavy atom. The van der Waals surface area contributed by atoms with Crippen LogP contribution in [-0.4, -0.2) is 44.9 Å². The van der Waals surface area contributed by atoms with Crippen LogP contribution in [0.2, 0.25) is 0 Å². The highest BCUT2D eigenvalue weighted by atomic mass is 19.1. The van der Waals surface area contributed by atoms with Crippen molar-refractivity contribution in [2.75, 3.05) is 32.8 Å². The van der Waals surface area contributed by atoms with Crippen LogP contribution in [-0.2, 0) is 4.74 Å². The molecule has 0 spiro atoms. The van der Waals surface area contributed by atoms with E-state index in [4.69, 9.17) is 9.47 Å². The van der Waals surface area contributed by atoms with Crippen molar-refractivity contribution in [1.29, 1.82) is 0 Å². The summed E-state index contributed by atoms with van der Waals surface area (Å²) in [7, 11) is 0. The molecule has 1 unspecified atom stereocenters.